The van der Waals surface area contributed by atoms with Crippen molar-refractivity contribution < 1.29 is 76.1 Å². The summed E-state index contributed by atoms with van der Waals surface area (Å²) in [5, 5.41) is 0. The molecule has 12 heavy (non-hydrogen) atoms. The molecule has 8 nitrogen and oxygen atoms in total. The summed E-state index contributed by atoms with van der Waals surface area (Å²) < 4.78 is 68.8. The van der Waals surface area contributed by atoms with E-state index in [2.05, 4.69) is 0 Å². The molecule has 0 aromatic rings. The van der Waals surface area contributed by atoms with E-state index in [4.69, 9.17) is 31.8 Å². The van der Waals surface area contributed by atoms with Crippen molar-refractivity contribution in [3.05, 3.63) is 0 Å². The summed E-state index contributed by atoms with van der Waals surface area (Å²) in [5.41, 5.74) is 0. The van der Waals surface area contributed by atoms with Crippen molar-refractivity contribution in [2.45, 2.75) is 0 Å². The maximum absolute atomic E-state index is 8.59. The fourth-order valence-electron chi connectivity index (χ4n) is 0. The zero-order valence-electron chi connectivity index (χ0n) is 5.09. The van der Waals surface area contributed by atoms with Gasteiger partial charge in [-0.3, -0.25) is 0 Å². The van der Waals surface area contributed by atoms with Crippen molar-refractivity contribution in [2.24, 2.45) is 0 Å². The topological polar surface area (TPSA) is 161 Å². The van der Waals surface area contributed by atoms with Crippen LogP contribution in [-0.2, 0) is 59.5 Å². The van der Waals surface area contributed by atoms with Crippen LogP contribution in [0.1, 0.15) is 0 Å². The van der Waals surface area contributed by atoms with Crippen LogP contribution in [0.15, 0.2) is 0 Å². The van der Waals surface area contributed by atoms with Crippen molar-refractivity contribution in [1.82, 2.24) is 0 Å². The van der Waals surface area contributed by atoms with Gasteiger partial charge in [0.05, 0.1) is 0 Å². The van der Waals surface area contributed by atoms with Gasteiger partial charge in [-0.15, -0.1) is 0 Å². The Morgan fingerprint density at radius 1 is 0.667 bits per heavy atom. The molecule has 0 N–H and O–H groups in total. The Balaban J connectivity index is -0.0000000457. The van der Waals surface area contributed by atoms with Crippen LogP contribution in [0.4, 0.5) is 0 Å². The summed E-state index contributed by atoms with van der Waals surface area (Å²) in [4.78, 5) is 0. The first-order valence-electron chi connectivity index (χ1n) is 1.33. The Hall–Kier alpha value is 2.20. The molecular weight excluding hydrogens is 433 g/mol. The van der Waals surface area contributed by atoms with E-state index < -0.39 is 27.2 Å². The molecule has 0 unspecified atom stereocenters. The van der Waals surface area contributed by atoms with Crippen LogP contribution in [0.2, 0.25) is 0 Å². The molecule has 12 heteroatoms. The Morgan fingerprint density at radius 3 is 0.667 bits per heavy atom. The van der Waals surface area contributed by atoms with Crippen LogP contribution >= 0.6 is 0 Å². The molecule has 0 bridgehead atoms. The second-order valence-electron chi connectivity index (χ2n) is 0.816. The molecule has 0 rings (SSSR count). The van der Waals surface area contributed by atoms with Gasteiger partial charge in [0.25, 0.3) is 0 Å². The number of hydrogen-bond donors (Lipinski definition) is 0. The fourth-order valence-corrected chi connectivity index (χ4v) is 0. The van der Waals surface area contributed by atoms with Crippen LogP contribution in [0.25, 0.3) is 0 Å². The Morgan fingerprint density at radius 2 is 0.667 bits per heavy atom. The third kappa shape index (κ3) is 317. The van der Waals surface area contributed by atoms with Crippen molar-refractivity contribution in [1.29, 1.82) is 0 Å². The molecule has 0 amide bonds. The van der Waals surface area contributed by atoms with Gasteiger partial charge in [0.1, 0.15) is 0 Å². The quantitative estimate of drug-likeness (QED) is 0.342. The molecule has 0 fully saturated rings. The molecule has 1 radical (unpaired) electrons. The average molecular weight is 433 g/mol. The van der Waals surface area contributed by atoms with Crippen LogP contribution in [0.3, 0.4) is 0 Å². The second kappa shape index (κ2) is 9.74. The molecular formula is BaCr2CuO8. The first-order valence-corrected chi connectivity index (χ1v) is 5.50. The third-order valence-corrected chi connectivity index (χ3v) is 0. The van der Waals surface area contributed by atoms with Crippen molar-refractivity contribution in [2.75, 3.05) is 0 Å². The number of rotatable bonds is 0. The summed E-state index contributed by atoms with van der Waals surface area (Å²) in [6.45, 7) is 0. The van der Waals surface area contributed by atoms with Crippen LogP contribution < -0.4 is 16.6 Å². The zero-order valence-corrected chi connectivity index (χ0v) is 13.0. The van der Waals surface area contributed by atoms with Gasteiger partial charge in [0.2, 0.25) is 0 Å². The minimum atomic E-state index is -5.75. The Kier molecular flexibility index (Phi) is 19.3. The Bertz CT molecular complexity index is 213. The zero-order chi connectivity index (χ0) is 9.00. The molecule has 73 valence electrons. The Labute approximate surface area is 123 Å². The summed E-state index contributed by atoms with van der Waals surface area (Å²) in [6, 6.07) is 0. The van der Waals surface area contributed by atoms with Crippen LogP contribution in [-0.4, -0.2) is 48.9 Å². The predicted molar refractivity (Wildman–Crippen MR) is 8.50 cm³/mol. The van der Waals surface area contributed by atoms with E-state index in [9.17, 15) is 0 Å². The average Bonchev–Trinajstić information content (AvgIpc) is 1.12. The first kappa shape index (κ1) is 23.8. The van der Waals surface area contributed by atoms with Gasteiger partial charge in [-0.2, -0.15) is 0 Å². The van der Waals surface area contributed by atoms with Crippen molar-refractivity contribution in [3.63, 3.8) is 0 Å². The number of hydrogen-bond acceptors (Lipinski definition) is 8. The third-order valence-electron chi connectivity index (χ3n) is 0. The molecule has 0 saturated heterocycles. The van der Waals surface area contributed by atoms with Crippen LogP contribution in [0, 0.1) is 0 Å². The van der Waals surface area contributed by atoms with Gasteiger partial charge < -0.3 is 0 Å². The molecule has 0 aliphatic rings. The molecule has 0 atom stereocenters. The van der Waals surface area contributed by atoms with E-state index in [1.54, 1.807) is 0 Å². The summed E-state index contributed by atoms with van der Waals surface area (Å²) in [7, 11) is 0. The van der Waals surface area contributed by atoms with Gasteiger partial charge >= 0.3 is 125 Å². The molecule has 0 heterocycles. The molecule has 0 aliphatic carbocycles. The van der Waals surface area contributed by atoms with E-state index in [1.165, 1.54) is 0 Å². The molecule has 0 aromatic heterocycles. The summed E-state index contributed by atoms with van der Waals surface area (Å²) >= 11 is -11.5. The van der Waals surface area contributed by atoms with E-state index in [-0.39, 0.29) is 65.9 Å². The van der Waals surface area contributed by atoms with Gasteiger partial charge in [-0.1, -0.05) is 0 Å². The monoisotopic (exact) mass is 433 g/mol. The van der Waals surface area contributed by atoms with Gasteiger partial charge in [-0.25, -0.2) is 0 Å². The SMILES string of the molecule is [Ba+2].[Cu+2].[O]=[Cr](=[O])([O-])[O-].[O]=[Cr](=[O])([O-])[O-]. The van der Waals surface area contributed by atoms with Gasteiger partial charge in [0.15, 0.2) is 0 Å². The normalized spacial score (nSPS) is 9.67. The van der Waals surface area contributed by atoms with E-state index in [1.807, 2.05) is 0 Å². The van der Waals surface area contributed by atoms with Crippen LogP contribution in [0.5, 0.6) is 0 Å². The standard InChI is InChI=1S/Ba.2Cr.Cu.8O/q+2;;;+2;;;;;4*-1. The first-order chi connectivity index (χ1) is 4.00. The second-order valence-corrected chi connectivity index (χ2v) is 3.37. The van der Waals surface area contributed by atoms with Gasteiger partial charge in [-0.05, 0) is 0 Å². The minimum absolute atomic E-state index is 0. The molecule has 0 spiro atoms. The molecule has 0 aliphatic heterocycles. The summed E-state index contributed by atoms with van der Waals surface area (Å²) in [6.07, 6.45) is 0. The van der Waals surface area contributed by atoms with E-state index in [0.717, 1.165) is 0 Å². The maximum atomic E-state index is 8.59. The predicted octanol–water partition coefficient (Wildman–Crippen LogP) is -5.62. The van der Waals surface area contributed by atoms with E-state index >= 15 is 0 Å². The molecule has 0 saturated carbocycles. The van der Waals surface area contributed by atoms with Gasteiger partial charge in [0, 0.05) is 0 Å². The fraction of sp³-hybridized carbons (Fsp3) is 0. The summed E-state index contributed by atoms with van der Waals surface area (Å²) in [5.74, 6) is 0. The molecule has 0 aromatic carbocycles. The van der Waals surface area contributed by atoms with E-state index in [0.29, 0.717) is 0 Å². The van der Waals surface area contributed by atoms with Crippen molar-refractivity contribution >= 4 is 48.9 Å². The van der Waals surface area contributed by atoms with Crippen molar-refractivity contribution in [3.8, 4) is 0 Å².